The molecule has 26 heavy (non-hydrogen) atoms. The maximum Gasteiger partial charge on any atom is 0.278 e. The lowest BCUT2D eigenvalue weighted by molar-refractivity contribution is -0.148. The lowest BCUT2D eigenvalue weighted by atomic mass is 10.2. The third-order valence-corrected chi connectivity index (χ3v) is 6.80. The lowest BCUT2D eigenvalue weighted by Crippen LogP contribution is -2.59. The average Bonchev–Trinajstić information content (AvgIpc) is 2.51. The minimum atomic E-state index is -3.71. The zero-order valence-corrected chi connectivity index (χ0v) is 17.4. The van der Waals surface area contributed by atoms with Crippen LogP contribution in [0, 0.1) is 0 Å². The van der Waals surface area contributed by atoms with Crippen molar-refractivity contribution < 1.29 is 26.5 Å². The Bertz CT molecular complexity index is 686. The summed E-state index contributed by atoms with van der Waals surface area (Å²) in [5, 5.41) is 2.94. The molecule has 13 heteroatoms. The van der Waals surface area contributed by atoms with E-state index in [0.717, 1.165) is 4.31 Å². The molecule has 1 rings (SSSR count). The van der Waals surface area contributed by atoms with Crippen molar-refractivity contribution >= 4 is 26.1 Å². The van der Waals surface area contributed by atoms with Gasteiger partial charge in [0.2, 0.25) is 10.0 Å². The molecule has 11 nitrogen and oxygen atoms in total. The van der Waals surface area contributed by atoms with Gasteiger partial charge in [-0.3, -0.25) is 9.63 Å². The van der Waals surface area contributed by atoms with Crippen LogP contribution < -0.4 is 15.5 Å². The van der Waals surface area contributed by atoms with Crippen LogP contribution in [0.2, 0.25) is 0 Å². The van der Waals surface area contributed by atoms with Crippen molar-refractivity contribution in [2.24, 2.45) is 0 Å². The van der Waals surface area contributed by atoms with E-state index in [4.69, 9.17) is 4.84 Å². The van der Waals surface area contributed by atoms with E-state index in [-0.39, 0.29) is 19.6 Å². The number of piperazine rings is 1. The zero-order valence-electron chi connectivity index (χ0n) is 15.8. The lowest BCUT2D eigenvalue weighted by Gasteiger charge is -2.32. The first-order valence-corrected chi connectivity index (χ1v) is 11.2. The van der Waals surface area contributed by atoms with E-state index in [1.165, 1.54) is 18.4 Å². The highest BCUT2D eigenvalue weighted by Gasteiger charge is 2.32. The van der Waals surface area contributed by atoms with Gasteiger partial charge >= 0.3 is 0 Å². The molecule has 3 N–H and O–H groups in total. The first-order chi connectivity index (χ1) is 11.7. The maximum atomic E-state index is 12.4. The van der Waals surface area contributed by atoms with Gasteiger partial charge in [0.05, 0.1) is 11.4 Å². The molecular formula is C13H29N5O6S2. The number of hydrogen-bond donors (Lipinski definition) is 3. The topological polar surface area (TPSA) is 137 Å². The van der Waals surface area contributed by atoms with Crippen LogP contribution in [0.3, 0.4) is 0 Å². The van der Waals surface area contributed by atoms with Crippen LogP contribution in [0.5, 0.6) is 0 Å². The van der Waals surface area contributed by atoms with E-state index in [1.54, 1.807) is 20.8 Å². The van der Waals surface area contributed by atoms with Gasteiger partial charge in [0.15, 0.2) is 0 Å². The minimum Gasteiger partial charge on any atom is -0.303 e. The third-order valence-electron chi connectivity index (χ3n) is 3.43. The Balaban J connectivity index is 2.60. The van der Waals surface area contributed by atoms with Crippen LogP contribution >= 0.6 is 0 Å². The van der Waals surface area contributed by atoms with E-state index in [1.807, 2.05) is 0 Å². The summed E-state index contributed by atoms with van der Waals surface area (Å²) in [5.41, 5.74) is 1.75. The molecule has 0 aromatic rings. The molecular weight excluding hydrogens is 386 g/mol. The predicted octanol–water partition coefficient (Wildman–Crippen LogP) is -2.17. The van der Waals surface area contributed by atoms with Gasteiger partial charge in [-0.15, -0.1) is 0 Å². The summed E-state index contributed by atoms with van der Waals surface area (Å²) in [7, 11) is -4.72. The normalized spacial score (nSPS) is 20.3. The summed E-state index contributed by atoms with van der Waals surface area (Å²) in [6.07, 6.45) is 0. The fourth-order valence-corrected chi connectivity index (χ4v) is 4.09. The van der Waals surface area contributed by atoms with E-state index >= 15 is 0 Å². The summed E-state index contributed by atoms with van der Waals surface area (Å²) in [5.74, 6) is -0.861. The SMILES string of the molecule is CN(C)S(=O)(=O)NCCS(=O)(=O)N1CCN[C@@H](C(=O)NOC(C)(C)C)C1. The Morgan fingerprint density at radius 2 is 1.88 bits per heavy atom. The highest BCUT2D eigenvalue weighted by Crippen LogP contribution is 2.08. The molecule has 0 bridgehead atoms. The summed E-state index contributed by atoms with van der Waals surface area (Å²) >= 11 is 0. The molecule has 0 saturated carbocycles. The van der Waals surface area contributed by atoms with Crippen LogP contribution in [-0.4, -0.2) is 89.0 Å². The largest absolute Gasteiger partial charge is 0.303 e. The summed E-state index contributed by atoms with van der Waals surface area (Å²) in [6.45, 7) is 5.51. The Kier molecular flexibility index (Phi) is 7.95. The second-order valence-corrected chi connectivity index (χ2v) is 11.1. The van der Waals surface area contributed by atoms with Gasteiger partial charge in [0.1, 0.15) is 6.04 Å². The second kappa shape index (κ2) is 8.91. The first-order valence-electron chi connectivity index (χ1n) is 8.11. The first kappa shape index (κ1) is 23.2. The van der Waals surface area contributed by atoms with Gasteiger partial charge < -0.3 is 5.32 Å². The zero-order chi connectivity index (χ0) is 20.2. The fourth-order valence-electron chi connectivity index (χ4n) is 1.98. The Morgan fingerprint density at radius 1 is 1.27 bits per heavy atom. The van der Waals surface area contributed by atoms with Crippen LogP contribution in [-0.2, 0) is 29.9 Å². The van der Waals surface area contributed by atoms with Crippen LogP contribution in [0.4, 0.5) is 0 Å². The number of carbonyl (C=O) groups excluding carboxylic acids is 1. The summed E-state index contributed by atoms with van der Waals surface area (Å²) < 4.78 is 52.4. The molecule has 1 aliphatic heterocycles. The molecule has 154 valence electrons. The monoisotopic (exact) mass is 415 g/mol. The Morgan fingerprint density at radius 3 is 2.42 bits per heavy atom. The average molecular weight is 416 g/mol. The predicted molar refractivity (Wildman–Crippen MR) is 96.7 cm³/mol. The van der Waals surface area contributed by atoms with Crippen molar-refractivity contribution in [1.29, 1.82) is 0 Å². The number of rotatable bonds is 8. The number of sulfonamides is 1. The van der Waals surface area contributed by atoms with Crippen LogP contribution in [0.25, 0.3) is 0 Å². The molecule has 1 amide bonds. The number of nitrogens with zero attached hydrogens (tertiary/aromatic N) is 2. The molecule has 0 unspecified atom stereocenters. The van der Waals surface area contributed by atoms with Crippen molar-refractivity contribution in [3.8, 4) is 0 Å². The standard InChI is InChI=1S/C13H29N5O6S2/c1-13(2,3)24-16-12(19)11-10-18(8-6-14-11)25(20,21)9-7-15-26(22,23)17(4)5/h11,14-15H,6-10H2,1-5H3,(H,16,19)/t11-/m1/s1. The van der Waals surface area contributed by atoms with Crippen LogP contribution in [0.1, 0.15) is 20.8 Å². The van der Waals surface area contributed by atoms with Crippen molar-refractivity contribution in [2.75, 3.05) is 46.0 Å². The van der Waals surface area contributed by atoms with Gasteiger partial charge in [-0.1, -0.05) is 0 Å². The Labute approximate surface area is 155 Å². The van der Waals surface area contributed by atoms with Crippen molar-refractivity contribution in [2.45, 2.75) is 32.4 Å². The van der Waals surface area contributed by atoms with Crippen LogP contribution in [0.15, 0.2) is 0 Å². The van der Waals surface area contributed by atoms with E-state index in [0.29, 0.717) is 6.54 Å². The number of hydroxylamine groups is 1. The Hall–Kier alpha value is -0.830. The smallest absolute Gasteiger partial charge is 0.278 e. The van der Waals surface area contributed by atoms with Gasteiger partial charge in [-0.25, -0.2) is 18.6 Å². The quantitative estimate of drug-likeness (QED) is 0.384. The molecule has 1 saturated heterocycles. The highest BCUT2D eigenvalue weighted by atomic mass is 32.2. The van der Waals surface area contributed by atoms with Crippen molar-refractivity contribution in [1.82, 2.24) is 24.1 Å². The third kappa shape index (κ3) is 7.42. The summed E-state index contributed by atoms with van der Waals surface area (Å²) in [6, 6.07) is -0.751. The van der Waals surface area contributed by atoms with E-state index in [9.17, 15) is 21.6 Å². The second-order valence-electron chi connectivity index (χ2n) is 7.04. The molecule has 1 aliphatic rings. The van der Waals surface area contributed by atoms with Gasteiger partial charge in [-0.05, 0) is 20.8 Å². The van der Waals surface area contributed by atoms with Gasteiger partial charge in [-0.2, -0.15) is 17.0 Å². The number of nitrogens with one attached hydrogen (secondary N) is 3. The van der Waals surface area contributed by atoms with Gasteiger partial charge in [0, 0.05) is 40.3 Å². The fraction of sp³-hybridized carbons (Fsp3) is 0.923. The van der Waals surface area contributed by atoms with Gasteiger partial charge in [0.25, 0.3) is 16.1 Å². The number of amides is 1. The highest BCUT2D eigenvalue weighted by molar-refractivity contribution is 7.89. The molecule has 0 aromatic carbocycles. The molecule has 0 spiro atoms. The molecule has 1 heterocycles. The molecule has 0 aliphatic carbocycles. The van der Waals surface area contributed by atoms with Crippen molar-refractivity contribution in [3.63, 3.8) is 0 Å². The van der Waals surface area contributed by atoms with E-state index < -0.39 is 43.5 Å². The molecule has 1 fully saturated rings. The molecule has 1 atom stereocenters. The minimum absolute atomic E-state index is 0.0535. The van der Waals surface area contributed by atoms with Crippen molar-refractivity contribution in [3.05, 3.63) is 0 Å². The molecule has 0 radical (unpaired) electrons. The number of hydrogen-bond acceptors (Lipinski definition) is 7. The maximum absolute atomic E-state index is 12.4. The summed E-state index contributed by atoms with van der Waals surface area (Å²) in [4.78, 5) is 17.3. The molecule has 0 aromatic heterocycles. The number of carbonyl (C=O) groups is 1. The van der Waals surface area contributed by atoms with E-state index in [2.05, 4.69) is 15.5 Å².